The molecule has 1 aromatic heterocycles. The van der Waals surface area contributed by atoms with Crippen LogP contribution in [0.4, 0.5) is 5.69 Å². The van der Waals surface area contributed by atoms with Gasteiger partial charge in [0, 0.05) is 0 Å². The van der Waals surface area contributed by atoms with Gasteiger partial charge in [0.2, 0.25) is 5.82 Å². The molecule has 0 saturated carbocycles. The van der Waals surface area contributed by atoms with E-state index >= 15 is 0 Å². The summed E-state index contributed by atoms with van der Waals surface area (Å²) >= 11 is 0. The number of hydrogen-bond acceptors (Lipinski definition) is 7. The average Bonchev–Trinajstić information content (AvgIpc) is 3.13. The lowest BCUT2D eigenvalue weighted by atomic mass is 10.1. The maximum absolute atomic E-state index is 12.6. The number of ketones is 1. The Bertz CT molecular complexity index is 1030. The Labute approximate surface area is 160 Å². The molecule has 1 amide bonds. The number of carbonyl (C=O) groups is 2. The second kappa shape index (κ2) is 7.87. The van der Waals surface area contributed by atoms with Gasteiger partial charge in [0.1, 0.15) is 11.5 Å². The third-order valence-electron chi connectivity index (χ3n) is 4.11. The molecule has 0 unspecified atom stereocenters. The van der Waals surface area contributed by atoms with Crippen LogP contribution in [0.1, 0.15) is 39.0 Å². The highest BCUT2D eigenvalue weighted by Crippen LogP contribution is 2.30. The number of tetrazole rings is 1. The van der Waals surface area contributed by atoms with E-state index in [0.29, 0.717) is 0 Å². The number of ether oxygens (including phenoxy) is 1. The lowest BCUT2D eigenvalue weighted by molar-refractivity contribution is 0.0997. The van der Waals surface area contributed by atoms with E-state index in [2.05, 4.69) is 20.8 Å². The van der Waals surface area contributed by atoms with Crippen LogP contribution in [0.25, 0.3) is 0 Å². The van der Waals surface area contributed by atoms with Crippen LogP contribution in [0.15, 0.2) is 36.4 Å². The highest BCUT2D eigenvalue weighted by Gasteiger charge is 2.19. The van der Waals surface area contributed by atoms with Crippen LogP contribution in [-0.4, -0.2) is 44.1 Å². The zero-order chi connectivity index (χ0) is 20.3. The zero-order valence-corrected chi connectivity index (χ0v) is 15.6. The van der Waals surface area contributed by atoms with E-state index in [1.165, 1.54) is 11.6 Å². The van der Waals surface area contributed by atoms with Gasteiger partial charge in [-0.1, -0.05) is 12.1 Å². The van der Waals surface area contributed by atoms with Gasteiger partial charge in [-0.15, -0.1) is 5.10 Å². The number of benzene rings is 2. The van der Waals surface area contributed by atoms with Crippen molar-refractivity contribution < 1.29 is 19.4 Å². The number of aromatic nitrogens is 4. The molecule has 9 nitrogen and oxygen atoms in total. The van der Waals surface area contributed by atoms with Gasteiger partial charge in [-0.2, -0.15) is 0 Å². The fourth-order valence-corrected chi connectivity index (χ4v) is 2.70. The van der Waals surface area contributed by atoms with Crippen LogP contribution >= 0.6 is 0 Å². The van der Waals surface area contributed by atoms with E-state index in [-0.39, 0.29) is 35.2 Å². The summed E-state index contributed by atoms with van der Waals surface area (Å²) in [7, 11) is 1.58. The quantitative estimate of drug-likeness (QED) is 0.496. The van der Waals surface area contributed by atoms with E-state index in [1.807, 2.05) is 12.1 Å². The standard InChI is InChI=1S/C19H19N5O4/c1-11-8-15(12(2)25)17(26)16(9-11)20-19(27)18-21-22-23-24(18)10-13-4-6-14(28-3)7-5-13/h4-9,26H,10H2,1-3H3,(H,20,27). The van der Waals surface area contributed by atoms with Crippen LogP contribution in [0.2, 0.25) is 0 Å². The number of Topliss-reactive ketones (excluding diaryl/α,β-unsaturated/α-hetero) is 1. The number of methoxy groups -OCH3 is 1. The number of phenols is 1. The third-order valence-corrected chi connectivity index (χ3v) is 4.11. The van der Waals surface area contributed by atoms with Gasteiger partial charge < -0.3 is 15.2 Å². The normalized spacial score (nSPS) is 10.5. The van der Waals surface area contributed by atoms with E-state index in [1.54, 1.807) is 38.3 Å². The molecule has 28 heavy (non-hydrogen) atoms. The fourth-order valence-electron chi connectivity index (χ4n) is 2.70. The van der Waals surface area contributed by atoms with Gasteiger partial charge in [0.25, 0.3) is 5.91 Å². The van der Waals surface area contributed by atoms with E-state index in [9.17, 15) is 14.7 Å². The van der Waals surface area contributed by atoms with E-state index in [0.717, 1.165) is 16.9 Å². The molecule has 1 heterocycles. The fraction of sp³-hybridized carbons (Fsp3) is 0.211. The first-order valence-corrected chi connectivity index (χ1v) is 8.44. The Morgan fingerprint density at radius 1 is 1.21 bits per heavy atom. The van der Waals surface area contributed by atoms with Crippen LogP contribution in [0, 0.1) is 6.92 Å². The van der Waals surface area contributed by atoms with Crippen LogP contribution < -0.4 is 10.1 Å². The number of rotatable bonds is 6. The number of hydrogen-bond donors (Lipinski definition) is 2. The highest BCUT2D eigenvalue weighted by molar-refractivity contribution is 6.05. The van der Waals surface area contributed by atoms with Gasteiger partial charge in [0.15, 0.2) is 5.78 Å². The predicted octanol–water partition coefficient (Wildman–Crippen LogP) is 2.20. The predicted molar refractivity (Wildman–Crippen MR) is 101 cm³/mol. The molecule has 2 N–H and O–H groups in total. The third kappa shape index (κ3) is 3.98. The molecule has 0 saturated heterocycles. The van der Waals surface area contributed by atoms with Crippen molar-refractivity contribution in [1.29, 1.82) is 0 Å². The van der Waals surface area contributed by atoms with Crippen molar-refractivity contribution in [3.63, 3.8) is 0 Å². The molecule has 9 heteroatoms. The molecule has 0 bridgehead atoms. The van der Waals surface area contributed by atoms with Crippen molar-refractivity contribution in [3.05, 3.63) is 58.9 Å². The van der Waals surface area contributed by atoms with Crippen molar-refractivity contribution in [1.82, 2.24) is 20.2 Å². The molecule has 144 valence electrons. The molecule has 0 fully saturated rings. The van der Waals surface area contributed by atoms with E-state index in [4.69, 9.17) is 4.74 Å². The lowest BCUT2D eigenvalue weighted by Crippen LogP contribution is -2.20. The van der Waals surface area contributed by atoms with Crippen LogP contribution in [0.3, 0.4) is 0 Å². The summed E-state index contributed by atoms with van der Waals surface area (Å²) in [5, 5.41) is 24.0. The number of aromatic hydroxyl groups is 1. The average molecular weight is 381 g/mol. The summed E-state index contributed by atoms with van der Waals surface area (Å²) in [6, 6.07) is 10.4. The molecule has 0 spiro atoms. The summed E-state index contributed by atoms with van der Waals surface area (Å²) in [5.41, 5.74) is 1.85. The molecule has 0 atom stereocenters. The number of aryl methyl sites for hydroxylation is 1. The number of nitrogens with one attached hydrogen (secondary N) is 1. The second-order valence-electron chi connectivity index (χ2n) is 6.23. The van der Waals surface area contributed by atoms with Crippen LogP contribution in [0.5, 0.6) is 11.5 Å². The van der Waals surface area contributed by atoms with Crippen molar-refractivity contribution in [2.75, 3.05) is 12.4 Å². The Morgan fingerprint density at radius 3 is 2.57 bits per heavy atom. The van der Waals surface area contributed by atoms with E-state index < -0.39 is 5.91 Å². The first-order chi connectivity index (χ1) is 13.4. The van der Waals surface area contributed by atoms with Crippen LogP contribution in [-0.2, 0) is 6.54 Å². The molecule has 0 aliphatic carbocycles. The van der Waals surface area contributed by atoms with Crippen molar-refractivity contribution in [3.8, 4) is 11.5 Å². The molecule has 3 aromatic rings. The summed E-state index contributed by atoms with van der Waals surface area (Å²) in [6.45, 7) is 3.38. The molecule has 3 rings (SSSR count). The summed E-state index contributed by atoms with van der Waals surface area (Å²) < 4.78 is 6.46. The lowest BCUT2D eigenvalue weighted by Gasteiger charge is -2.11. The minimum atomic E-state index is -0.603. The Kier molecular flexibility index (Phi) is 5.35. The molecule has 0 radical (unpaired) electrons. The molecular weight excluding hydrogens is 362 g/mol. The van der Waals surface area contributed by atoms with Crippen molar-refractivity contribution >= 4 is 17.4 Å². The molecule has 0 aliphatic rings. The number of carbonyl (C=O) groups excluding carboxylic acids is 2. The van der Waals surface area contributed by atoms with Gasteiger partial charge in [-0.3, -0.25) is 9.59 Å². The number of phenolic OH excluding ortho intramolecular Hbond substituents is 1. The number of nitrogens with zero attached hydrogens (tertiary/aromatic N) is 4. The second-order valence-corrected chi connectivity index (χ2v) is 6.23. The highest BCUT2D eigenvalue weighted by atomic mass is 16.5. The van der Waals surface area contributed by atoms with Crippen molar-refractivity contribution in [2.45, 2.75) is 20.4 Å². The minimum absolute atomic E-state index is 0.0268. The number of amides is 1. The Hall–Kier alpha value is -3.75. The maximum atomic E-state index is 12.6. The minimum Gasteiger partial charge on any atom is -0.505 e. The first-order valence-electron chi connectivity index (χ1n) is 8.44. The maximum Gasteiger partial charge on any atom is 0.295 e. The largest absolute Gasteiger partial charge is 0.505 e. The summed E-state index contributed by atoms with van der Waals surface area (Å²) in [4.78, 5) is 24.3. The molecular formula is C19H19N5O4. The monoisotopic (exact) mass is 381 g/mol. The van der Waals surface area contributed by atoms with Gasteiger partial charge in [-0.25, -0.2) is 4.68 Å². The topological polar surface area (TPSA) is 119 Å². The van der Waals surface area contributed by atoms with Gasteiger partial charge >= 0.3 is 0 Å². The Morgan fingerprint density at radius 2 is 1.93 bits per heavy atom. The summed E-state index contributed by atoms with van der Waals surface area (Å²) in [6.07, 6.45) is 0. The van der Waals surface area contributed by atoms with Crippen molar-refractivity contribution in [2.24, 2.45) is 0 Å². The zero-order valence-electron chi connectivity index (χ0n) is 15.6. The Balaban J connectivity index is 1.83. The van der Waals surface area contributed by atoms with Gasteiger partial charge in [-0.05, 0) is 59.7 Å². The van der Waals surface area contributed by atoms with Gasteiger partial charge in [0.05, 0.1) is 24.9 Å². The SMILES string of the molecule is COc1ccc(Cn2nnnc2C(=O)Nc2cc(C)cc(C(C)=O)c2O)cc1. The first kappa shape index (κ1) is 19.0. The number of anilines is 1. The molecule has 2 aromatic carbocycles. The summed E-state index contributed by atoms with van der Waals surface area (Å²) in [5.74, 6) is -0.508. The smallest absolute Gasteiger partial charge is 0.295 e. The molecule has 0 aliphatic heterocycles.